The Morgan fingerprint density at radius 2 is 1.40 bits per heavy atom. The van der Waals surface area contributed by atoms with Crippen molar-refractivity contribution in [2.75, 3.05) is 0 Å². The van der Waals surface area contributed by atoms with Crippen molar-refractivity contribution in [2.45, 2.75) is 0 Å². The number of furan rings is 1. The molecule has 1 nitrogen and oxygen atoms in total. The van der Waals surface area contributed by atoms with Gasteiger partial charge in [-0.2, -0.15) is 0 Å². The lowest BCUT2D eigenvalue weighted by molar-refractivity contribution is 0.664. The first-order valence-corrected chi connectivity index (χ1v) is 9.36. The van der Waals surface area contributed by atoms with Gasteiger partial charge in [-0.1, -0.05) is 34.8 Å². The van der Waals surface area contributed by atoms with E-state index in [4.69, 9.17) is 39.2 Å². The van der Waals surface area contributed by atoms with Gasteiger partial charge in [-0.05, 0) is 69.8 Å². The van der Waals surface area contributed by atoms with Crippen LogP contribution < -0.4 is 0 Å². The molecule has 0 aliphatic carbocycles. The molecule has 0 fully saturated rings. The van der Waals surface area contributed by atoms with Crippen LogP contribution in [0.15, 0.2) is 28.4 Å². The fraction of sp³-hybridized carbons (Fsp3) is 0. The van der Waals surface area contributed by atoms with Gasteiger partial charge in [-0.3, -0.25) is 0 Å². The van der Waals surface area contributed by atoms with Crippen molar-refractivity contribution in [3.63, 3.8) is 0 Å². The van der Waals surface area contributed by atoms with E-state index < -0.39 is 0 Å². The number of halogens is 7. The maximum atomic E-state index is 6.33. The van der Waals surface area contributed by atoms with Crippen molar-refractivity contribution in [2.24, 2.45) is 0 Å². The Balaban J connectivity index is 2.67. The van der Waals surface area contributed by atoms with Gasteiger partial charge in [0.15, 0.2) is 11.2 Å². The molecule has 1 heterocycles. The summed E-state index contributed by atoms with van der Waals surface area (Å²) in [5.41, 5.74) is 1.22. The summed E-state index contributed by atoms with van der Waals surface area (Å²) in [5, 5.41) is 2.56. The van der Waals surface area contributed by atoms with Gasteiger partial charge < -0.3 is 4.42 Å². The van der Waals surface area contributed by atoms with Crippen LogP contribution in [-0.2, 0) is 0 Å². The second-order valence-electron chi connectivity index (χ2n) is 3.93. The van der Waals surface area contributed by atoms with E-state index in [0.717, 1.165) is 24.2 Å². The SMILES string of the molecule is Clc1c(Cl)c(Cl)c2c(oc3c(Br)c(Br)c(Br)cc32)c1Br. The third-order valence-electron chi connectivity index (χ3n) is 2.81. The molecule has 104 valence electrons. The van der Waals surface area contributed by atoms with Gasteiger partial charge in [-0.15, -0.1) is 0 Å². The van der Waals surface area contributed by atoms with Crippen LogP contribution >= 0.6 is 98.5 Å². The zero-order valence-corrected chi connectivity index (χ0v) is 17.7. The molecule has 0 N–H and O–H groups in total. The largest absolute Gasteiger partial charge is 0.454 e. The number of rotatable bonds is 0. The molecular formula is C12HBr4Cl3O. The van der Waals surface area contributed by atoms with Crippen LogP contribution in [0, 0.1) is 0 Å². The first-order valence-electron chi connectivity index (χ1n) is 5.06. The van der Waals surface area contributed by atoms with Gasteiger partial charge in [0.05, 0.1) is 24.0 Å². The van der Waals surface area contributed by atoms with Gasteiger partial charge in [-0.25, -0.2) is 0 Å². The summed E-state index contributed by atoms with van der Waals surface area (Å²) in [5.74, 6) is 0. The Morgan fingerprint density at radius 3 is 2.05 bits per heavy atom. The van der Waals surface area contributed by atoms with E-state index in [2.05, 4.69) is 63.7 Å². The average molecular weight is 587 g/mol. The summed E-state index contributed by atoms with van der Waals surface area (Å²) < 4.78 is 8.99. The van der Waals surface area contributed by atoms with Crippen LogP contribution in [0.25, 0.3) is 21.9 Å². The molecule has 3 aromatic rings. The van der Waals surface area contributed by atoms with E-state index in [1.54, 1.807) is 0 Å². The zero-order chi connectivity index (χ0) is 14.8. The molecular weight excluding hydrogens is 586 g/mol. The first kappa shape index (κ1) is 15.9. The molecule has 0 aliphatic rings. The van der Waals surface area contributed by atoms with E-state index in [0.29, 0.717) is 30.7 Å². The molecule has 0 radical (unpaired) electrons. The highest BCUT2D eigenvalue weighted by molar-refractivity contribution is 9.14. The molecule has 0 saturated heterocycles. The fourth-order valence-electron chi connectivity index (χ4n) is 1.91. The minimum Gasteiger partial charge on any atom is -0.454 e. The molecule has 1 aromatic heterocycles. The predicted octanol–water partition coefficient (Wildman–Crippen LogP) is 8.60. The monoisotopic (exact) mass is 582 g/mol. The van der Waals surface area contributed by atoms with Gasteiger partial charge >= 0.3 is 0 Å². The Morgan fingerprint density at radius 1 is 0.750 bits per heavy atom. The highest BCUT2D eigenvalue weighted by Crippen LogP contribution is 2.49. The van der Waals surface area contributed by atoms with Crippen LogP contribution in [0.5, 0.6) is 0 Å². The van der Waals surface area contributed by atoms with Gasteiger partial charge in [0.25, 0.3) is 0 Å². The lowest BCUT2D eigenvalue weighted by Gasteiger charge is -2.04. The van der Waals surface area contributed by atoms with E-state index in [1.165, 1.54) is 0 Å². The van der Waals surface area contributed by atoms with Gasteiger partial charge in [0.1, 0.15) is 0 Å². The van der Waals surface area contributed by atoms with Crippen molar-refractivity contribution in [1.82, 2.24) is 0 Å². The molecule has 0 aliphatic heterocycles. The lowest BCUT2D eigenvalue weighted by atomic mass is 10.1. The number of hydrogen-bond acceptors (Lipinski definition) is 1. The molecule has 3 rings (SSSR count). The topological polar surface area (TPSA) is 13.1 Å². The predicted molar refractivity (Wildman–Crippen MR) is 99.5 cm³/mol. The summed E-state index contributed by atoms with van der Waals surface area (Å²) in [7, 11) is 0. The average Bonchev–Trinajstić information content (AvgIpc) is 2.80. The second kappa shape index (κ2) is 5.59. The van der Waals surface area contributed by atoms with Gasteiger partial charge in [0, 0.05) is 19.7 Å². The van der Waals surface area contributed by atoms with Crippen molar-refractivity contribution in [1.29, 1.82) is 0 Å². The molecule has 8 heteroatoms. The Kier molecular flexibility index (Phi) is 4.44. The molecule has 0 spiro atoms. The van der Waals surface area contributed by atoms with E-state index in [9.17, 15) is 0 Å². The molecule has 0 amide bonds. The number of benzene rings is 2. The fourth-order valence-corrected chi connectivity index (χ4v) is 4.70. The smallest absolute Gasteiger partial charge is 0.152 e. The molecule has 0 unspecified atom stereocenters. The van der Waals surface area contributed by atoms with Crippen LogP contribution in [0.4, 0.5) is 0 Å². The number of fused-ring (bicyclic) bond motifs is 3. The Labute approximate surface area is 162 Å². The lowest BCUT2D eigenvalue weighted by Crippen LogP contribution is -1.79. The van der Waals surface area contributed by atoms with E-state index in [1.807, 2.05) is 6.07 Å². The molecule has 20 heavy (non-hydrogen) atoms. The minimum atomic E-state index is 0.297. The molecule has 0 atom stereocenters. The highest BCUT2D eigenvalue weighted by Gasteiger charge is 2.23. The Bertz CT molecular complexity index is 888. The maximum Gasteiger partial charge on any atom is 0.152 e. The molecule has 0 saturated carbocycles. The van der Waals surface area contributed by atoms with Crippen LogP contribution in [-0.4, -0.2) is 0 Å². The third-order valence-corrected chi connectivity index (χ3v) is 8.40. The summed E-state index contributed by atoms with van der Waals surface area (Å²) in [4.78, 5) is 0. The second-order valence-corrected chi connectivity index (χ2v) is 8.29. The first-order chi connectivity index (χ1) is 9.34. The van der Waals surface area contributed by atoms with Crippen LogP contribution in [0.1, 0.15) is 0 Å². The number of hydrogen-bond donors (Lipinski definition) is 0. The molecule has 2 aromatic carbocycles. The van der Waals surface area contributed by atoms with Crippen LogP contribution in [0.3, 0.4) is 0 Å². The van der Waals surface area contributed by atoms with E-state index >= 15 is 0 Å². The van der Waals surface area contributed by atoms with Crippen molar-refractivity contribution >= 4 is 120 Å². The quantitative estimate of drug-likeness (QED) is 0.190. The minimum absolute atomic E-state index is 0.297. The normalized spacial score (nSPS) is 11.8. The van der Waals surface area contributed by atoms with Crippen molar-refractivity contribution in [3.8, 4) is 0 Å². The van der Waals surface area contributed by atoms with E-state index in [-0.39, 0.29) is 0 Å². The Hall–Kier alpha value is 1.03. The maximum absolute atomic E-state index is 6.33. The standard InChI is InChI=1S/C12HBr4Cl3O/c13-3-1-2-4-8(17)10(19)9(18)7(16)12(4)20-11(2)6(15)5(3)14/h1H. The zero-order valence-electron chi connectivity index (χ0n) is 9.13. The summed E-state index contributed by atoms with van der Waals surface area (Å²) in [6.45, 7) is 0. The summed E-state index contributed by atoms with van der Waals surface area (Å²) in [6, 6.07) is 1.92. The molecule has 0 bridgehead atoms. The van der Waals surface area contributed by atoms with Crippen molar-refractivity contribution < 1.29 is 4.42 Å². The van der Waals surface area contributed by atoms with Gasteiger partial charge in [0.2, 0.25) is 0 Å². The summed E-state index contributed by atoms with van der Waals surface area (Å²) >= 11 is 32.5. The third kappa shape index (κ3) is 2.20. The van der Waals surface area contributed by atoms with Crippen LogP contribution in [0.2, 0.25) is 15.1 Å². The highest BCUT2D eigenvalue weighted by atomic mass is 79.9. The van der Waals surface area contributed by atoms with Crippen molar-refractivity contribution in [3.05, 3.63) is 39.0 Å². The summed E-state index contributed by atoms with van der Waals surface area (Å²) in [6.07, 6.45) is 0.